The summed E-state index contributed by atoms with van der Waals surface area (Å²) in [6.45, 7) is 0. The molecule has 0 aliphatic carbocycles. The Morgan fingerprint density at radius 2 is 1.90 bits per heavy atom. The monoisotopic (exact) mass is 336 g/mol. The van der Waals surface area contributed by atoms with Gasteiger partial charge in [0.1, 0.15) is 11.6 Å². The fourth-order valence-corrected chi connectivity index (χ4v) is 2.26. The first-order valence-corrected chi connectivity index (χ1v) is 7.00. The van der Waals surface area contributed by atoms with E-state index < -0.39 is 5.82 Å². The van der Waals surface area contributed by atoms with E-state index in [4.69, 9.17) is 4.74 Å². The van der Waals surface area contributed by atoms with Gasteiger partial charge in [0, 0.05) is 10.9 Å². The summed E-state index contributed by atoms with van der Waals surface area (Å²) in [5.74, 6) is 0.102. The van der Waals surface area contributed by atoms with Crippen molar-refractivity contribution in [2.24, 2.45) is 0 Å². The average Bonchev–Trinajstić information content (AvgIpc) is 2.47. The van der Waals surface area contributed by atoms with Crippen LogP contribution in [0.4, 0.5) is 4.39 Å². The number of benzene rings is 2. The number of rotatable bonds is 5. The predicted octanol–water partition coefficient (Wildman–Crippen LogP) is 4.41. The number of aryl methyl sites for hydroxylation is 1. The normalized spacial score (nSPS) is 10.3. The van der Waals surface area contributed by atoms with Crippen LogP contribution in [-0.2, 0) is 6.42 Å². The van der Waals surface area contributed by atoms with Gasteiger partial charge in [-0.2, -0.15) is 0 Å². The Kier molecular flexibility index (Phi) is 4.90. The van der Waals surface area contributed by atoms with Crippen LogP contribution in [0.2, 0.25) is 0 Å². The maximum atomic E-state index is 13.6. The Hall–Kier alpha value is -1.68. The molecule has 20 heavy (non-hydrogen) atoms. The van der Waals surface area contributed by atoms with Gasteiger partial charge >= 0.3 is 0 Å². The van der Waals surface area contributed by atoms with Crippen LogP contribution in [0.5, 0.6) is 5.75 Å². The highest BCUT2D eigenvalue weighted by Crippen LogP contribution is 2.18. The Balaban J connectivity index is 2.02. The number of methoxy groups -OCH3 is 1. The van der Waals surface area contributed by atoms with Crippen LogP contribution in [0.3, 0.4) is 0 Å². The molecule has 0 aliphatic heterocycles. The smallest absolute Gasteiger partial charge is 0.166 e. The molecule has 2 aromatic rings. The molecule has 0 heterocycles. The number of halogens is 2. The first-order chi connectivity index (χ1) is 9.60. The molecule has 0 bridgehead atoms. The maximum absolute atomic E-state index is 13.6. The first-order valence-electron chi connectivity index (χ1n) is 6.21. The van der Waals surface area contributed by atoms with Gasteiger partial charge in [-0.3, -0.25) is 4.79 Å². The fraction of sp³-hybridized carbons (Fsp3) is 0.188. The van der Waals surface area contributed by atoms with Gasteiger partial charge in [0.15, 0.2) is 5.78 Å². The van der Waals surface area contributed by atoms with Crippen molar-refractivity contribution in [2.75, 3.05) is 7.11 Å². The maximum Gasteiger partial charge on any atom is 0.166 e. The molecule has 0 amide bonds. The van der Waals surface area contributed by atoms with Crippen LogP contribution in [-0.4, -0.2) is 12.9 Å². The minimum Gasteiger partial charge on any atom is -0.497 e. The van der Waals surface area contributed by atoms with Crippen molar-refractivity contribution in [1.82, 2.24) is 0 Å². The van der Waals surface area contributed by atoms with Crippen molar-refractivity contribution in [3.8, 4) is 5.75 Å². The molecular weight excluding hydrogens is 323 g/mol. The minimum absolute atomic E-state index is 0.132. The largest absolute Gasteiger partial charge is 0.497 e. The first kappa shape index (κ1) is 14.7. The zero-order chi connectivity index (χ0) is 14.5. The van der Waals surface area contributed by atoms with E-state index in [-0.39, 0.29) is 17.8 Å². The lowest BCUT2D eigenvalue weighted by Gasteiger charge is -2.05. The molecule has 2 rings (SSSR count). The van der Waals surface area contributed by atoms with E-state index in [1.54, 1.807) is 13.2 Å². The highest BCUT2D eigenvalue weighted by molar-refractivity contribution is 9.10. The van der Waals surface area contributed by atoms with Crippen LogP contribution in [0.15, 0.2) is 46.9 Å². The van der Waals surface area contributed by atoms with E-state index >= 15 is 0 Å². The van der Waals surface area contributed by atoms with E-state index in [9.17, 15) is 9.18 Å². The third-order valence-corrected chi connectivity index (χ3v) is 3.52. The van der Waals surface area contributed by atoms with E-state index in [0.717, 1.165) is 11.3 Å². The lowest BCUT2D eigenvalue weighted by atomic mass is 10.0. The average molecular weight is 337 g/mol. The highest BCUT2D eigenvalue weighted by atomic mass is 79.9. The van der Waals surface area contributed by atoms with Crippen molar-refractivity contribution in [3.05, 3.63) is 63.9 Å². The Labute approximate surface area is 125 Å². The number of carbonyl (C=O) groups excluding carboxylic acids is 1. The molecule has 2 aromatic carbocycles. The molecular formula is C16H14BrFO2. The quantitative estimate of drug-likeness (QED) is 0.756. The van der Waals surface area contributed by atoms with Gasteiger partial charge in [0.25, 0.3) is 0 Å². The summed E-state index contributed by atoms with van der Waals surface area (Å²) >= 11 is 3.24. The third kappa shape index (κ3) is 3.67. The van der Waals surface area contributed by atoms with Gasteiger partial charge < -0.3 is 4.74 Å². The zero-order valence-electron chi connectivity index (χ0n) is 11.0. The van der Waals surface area contributed by atoms with Crippen molar-refractivity contribution in [2.45, 2.75) is 12.8 Å². The van der Waals surface area contributed by atoms with Gasteiger partial charge in [0.05, 0.1) is 12.7 Å². The van der Waals surface area contributed by atoms with Gasteiger partial charge in [-0.05, 0) is 42.3 Å². The molecule has 0 unspecified atom stereocenters. The van der Waals surface area contributed by atoms with Crippen molar-refractivity contribution in [1.29, 1.82) is 0 Å². The summed E-state index contributed by atoms with van der Waals surface area (Å²) in [6, 6.07) is 11.9. The Bertz CT molecular complexity index is 608. The van der Waals surface area contributed by atoms with E-state index in [1.807, 2.05) is 24.3 Å². The van der Waals surface area contributed by atoms with E-state index in [0.29, 0.717) is 10.9 Å². The van der Waals surface area contributed by atoms with Gasteiger partial charge in [-0.1, -0.05) is 28.1 Å². The second kappa shape index (κ2) is 6.66. The molecule has 2 nitrogen and oxygen atoms in total. The fourth-order valence-electron chi connectivity index (χ4n) is 1.90. The molecule has 0 aromatic heterocycles. The molecule has 4 heteroatoms. The summed E-state index contributed by atoms with van der Waals surface area (Å²) in [6.07, 6.45) is 0.856. The van der Waals surface area contributed by atoms with Crippen LogP contribution >= 0.6 is 15.9 Å². The standard InChI is InChI=1S/C16H14BrFO2/c1-20-13-6-2-11(3-7-13)4-9-16(19)14-10-12(17)5-8-15(14)18/h2-3,5-8,10H,4,9H2,1H3. The van der Waals surface area contributed by atoms with Gasteiger partial charge in [-0.15, -0.1) is 0 Å². The number of ketones is 1. The van der Waals surface area contributed by atoms with Gasteiger partial charge in [-0.25, -0.2) is 4.39 Å². The lowest BCUT2D eigenvalue weighted by Crippen LogP contribution is -2.04. The Morgan fingerprint density at radius 3 is 2.55 bits per heavy atom. The number of ether oxygens (including phenoxy) is 1. The van der Waals surface area contributed by atoms with Crippen molar-refractivity contribution < 1.29 is 13.9 Å². The second-order valence-corrected chi connectivity index (χ2v) is 5.31. The molecule has 0 saturated carbocycles. The number of carbonyl (C=O) groups is 1. The van der Waals surface area contributed by atoms with Gasteiger partial charge in [0.2, 0.25) is 0 Å². The molecule has 0 radical (unpaired) electrons. The predicted molar refractivity (Wildman–Crippen MR) is 79.7 cm³/mol. The number of hydrogen-bond donors (Lipinski definition) is 0. The van der Waals surface area contributed by atoms with E-state index in [1.165, 1.54) is 12.1 Å². The molecule has 0 atom stereocenters. The molecule has 0 saturated heterocycles. The van der Waals surface area contributed by atoms with E-state index in [2.05, 4.69) is 15.9 Å². The lowest BCUT2D eigenvalue weighted by molar-refractivity contribution is 0.0979. The summed E-state index contributed by atoms with van der Waals surface area (Å²) in [5.41, 5.74) is 1.16. The van der Waals surface area contributed by atoms with Crippen molar-refractivity contribution in [3.63, 3.8) is 0 Å². The number of hydrogen-bond acceptors (Lipinski definition) is 2. The molecule has 104 valence electrons. The Morgan fingerprint density at radius 1 is 1.20 bits per heavy atom. The van der Waals surface area contributed by atoms with Crippen LogP contribution < -0.4 is 4.74 Å². The second-order valence-electron chi connectivity index (χ2n) is 4.40. The SMILES string of the molecule is COc1ccc(CCC(=O)c2cc(Br)ccc2F)cc1. The van der Waals surface area contributed by atoms with Crippen LogP contribution in [0, 0.1) is 5.82 Å². The summed E-state index contributed by atoms with van der Waals surface area (Å²) < 4.78 is 19.4. The summed E-state index contributed by atoms with van der Waals surface area (Å²) in [5, 5.41) is 0. The zero-order valence-corrected chi connectivity index (χ0v) is 12.6. The third-order valence-electron chi connectivity index (χ3n) is 3.03. The molecule has 0 spiro atoms. The molecule has 0 N–H and O–H groups in total. The highest BCUT2D eigenvalue weighted by Gasteiger charge is 2.12. The van der Waals surface area contributed by atoms with Crippen molar-refractivity contribution >= 4 is 21.7 Å². The molecule has 0 aliphatic rings. The summed E-state index contributed by atoms with van der Waals surface area (Å²) in [7, 11) is 1.61. The number of Topliss-reactive ketones (excluding diaryl/α,β-unsaturated/α-hetero) is 1. The van der Waals surface area contributed by atoms with Crippen LogP contribution in [0.25, 0.3) is 0 Å². The minimum atomic E-state index is -0.479. The molecule has 0 fully saturated rings. The van der Waals surface area contributed by atoms with Crippen LogP contribution in [0.1, 0.15) is 22.3 Å². The topological polar surface area (TPSA) is 26.3 Å². The summed E-state index contributed by atoms with van der Waals surface area (Å²) in [4.78, 5) is 12.0.